The third-order valence-corrected chi connectivity index (χ3v) is 7.32. The molecule has 1 aliphatic carbocycles. The van der Waals surface area contributed by atoms with Gasteiger partial charge in [-0.2, -0.15) is 4.31 Å². The van der Waals surface area contributed by atoms with Crippen LogP contribution in [0, 0.1) is 5.41 Å². The molecular formula is C21H20ClN3O3S. The van der Waals surface area contributed by atoms with E-state index in [1.54, 1.807) is 59.5 Å². The first kappa shape index (κ1) is 19.8. The van der Waals surface area contributed by atoms with Crippen molar-refractivity contribution in [2.45, 2.75) is 11.3 Å². The summed E-state index contributed by atoms with van der Waals surface area (Å²) in [7, 11) is -3.64. The Kier molecular flexibility index (Phi) is 5.29. The van der Waals surface area contributed by atoms with Crippen molar-refractivity contribution in [1.82, 2.24) is 9.21 Å². The minimum absolute atomic E-state index is 0.117. The zero-order valence-electron chi connectivity index (χ0n) is 15.6. The molecule has 0 spiro atoms. The topological polar surface area (TPSA) is 81.5 Å². The van der Waals surface area contributed by atoms with Gasteiger partial charge in [-0.3, -0.25) is 4.79 Å². The van der Waals surface area contributed by atoms with Gasteiger partial charge in [-0.05, 0) is 47.2 Å². The Morgan fingerprint density at radius 2 is 1.66 bits per heavy atom. The molecule has 8 heteroatoms. The molecule has 2 aromatic carbocycles. The molecule has 1 heterocycles. The van der Waals surface area contributed by atoms with E-state index in [1.807, 2.05) is 0 Å². The smallest absolute Gasteiger partial charge is 0.253 e. The molecule has 4 rings (SSSR count). The first-order chi connectivity index (χ1) is 13.8. The number of piperazine rings is 1. The van der Waals surface area contributed by atoms with E-state index in [0.717, 1.165) is 10.8 Å². The Labute approximate surface area is 174 Å². The predicted molar refractivity (Wildman–Crippen MR) is 114 cm³/mol. The van der Waals surface area contributed by atoms with Crippen molar-refractivity contribution in [3.8, 4) is 0 Å². The highest BCUT2D eigenvalue weighted by atomic mass is 35.5. The number of sulfonamides is 1. The number of benzene rings is 2. The third-order valence-electron chi connectivity index (χ3n) is 5.19. The van der Waals surface area contributed by atoms with Crippen molar-refractivity contribution in [3.05, 3.63) is 65.2 Å². The Hall–Kier alpha value is -2.48. The monoisotopic (exact) mass is 429 g/mol. The summed E-state index contributed by atoms with van der Waals surface area (Å²) in [5.74, 6) is -0.117. The lowest BCUT2D eigenvalue weighted by Gasteiger charge is -2.34. The minimum Gasteiger partial charge on any atom is -0.336 e. The molecule has 0 unspecified atom stereocenters. The maximum absolute atomic E-state index is 13.1. The van der Waals surface area contributed by atoms with Crippen LogP contribution in [0.2, 0.25) is 5.02 Å². The van der Waals surface area contributed by atoms with E-state index < -0.39 is 10.0 Å². The lowest BCUT2D eigenvalue weighted by molar-refractivity contribution is -0.127. The van der Waals surface area contributed by atoms with Gasteiger partial charge < -0.3 is 10.3 Å². The van der Waals surface area contributed by atoms with Gasteiger partial charge >= 0.3 is 0 Å². The number of hydrogen-bond acceptors (Lipinski definition) is 4. The van der Waals surface area contributed by atoms with E-state index in [4.69, 9.17) is 17.0 Å². The second-order valence-electron chi connectivity index (χ2n) is 7.07. The van der Waals surface area contributed by atoms with Crippen LogP contribution in [0.4, 0.5) is 0 Å². The number of amides is 1. The normalized spacial score (nSPS) is 18.2. The molecule has 0 radical (unpaired) electrons. The van der Waals surface area contributed by atoms with E-state index >= 15 is 0 Å². The maximum Gasteiger partial charge on any atom is 0.253 e. The SMILES string of the molecule is N=C1C=CC(C(=O)N2CCN(S(=O)(=O)c3ccc4cc(Cl)ccc4c3)CC2)=CC1. The van der Waals surface area contributed by atoms with Gasteiger partial charge in [-0.25, -0.2) is 8.42 Å². The standard InChI is InChI=1S/C21H20ClN3O3S/c22-18-5-1-17-14-20(8-4-16(17)13-18)29(27,28)25-11-9-24(10-12-25)21(26)15-2-6-19(23)7-3-15/h1-6,8,13-14,23H,7,9-12H2. The summed E-state index contributed by atoms with van der Waals surface area (Å²) < 4.78 is 27.6. The molecule has 1 fully saturated rings. The van der Waals surface area contributed by atoms with Crippen LogP contribution < -0.4 is 0 Å². The van der Waals surface area contributed by atoms with Crippen molar-refractivity contribution in [2.75, 3.05) is 26.2 Å². The fraction of sp³-hybridized carbons (Fsp3) is 0.238. The van der Waals surface area contributed by atoms with Gasteiger partial charge in [-0.15, -0.1) is 0 Å². The van der Waals surface area contributed by atoms with Crippen molar-refractivity contribution < 1.29 is 13.2 Å². The summed E-state index contributed by atoms with van der Waals surface area (Å²) >= 11 is 6.00. The number of nitrogens with one attached hydrogen (secondary N) is 1. The van der Waals surface area contributed by atoms with E-state index in [2.05, 4.69) is 0 Å². The number of hydrogen-bond donors (Lipinski definition) is 1. The summed E-state index contributed by atoms with van der Waals surface area (Å²) in [6.07, 6.45) is 5.47. The average molecular weight is 430 g/mol. The molecule has 0 aromatic heterocycles. The van der Waals surface area contributed by atoms with Gasteiger partial charge in [0.15, 0.2) is 0 Å². The van der Waals surface area contributed by atoms with Crippen LogP contribution in [0.25, 0.3) is 10.8 Å². The number of nitrogens with zero attached hydrogens (tertiary/aromatic N) is 2. The van der Waals surface area contributed by atoms with Gasteiger partial charge in [-0.1, -0.05) is 29.8 Å². The van der Waals surface area contributed by atoms with Gasteiger partial charge in [0.1, 0.15) is 0 Å². The molecule has 0 saturated carbocycles. The molecule has 29 heavy (non-hydrogen) atoms. The molecule has 6 nitrogen and oxygen atoms in total. The van der Waals surface area contributed by atoms with Crippen molar-refractivity contribution >= 4 is 44.0 Å². The highest BCUT2D eigenvalue weighted by Gasteiger charge is 2.31. The van der Waals surface area contributed by atoms with Gasteiger partial charge in [0.05, 0.1) is 4.90 Å². The molecule has 0 bridgehead atoms. The number of allylic oxidation sites excluding steroid dienone is 2. The van der Waals surface area contributed by atoms with Gasteiger partial charge in [0.25, 0.3) is 5.91 Å². The Bertz CT molecular complexity index is 1160. The highest BCUT2D eigenvalue weighted by Crippen LogP contribution is 2.25. The molecule has 1 N–H and O–H groups in total. The van der Waals surface area contributed by atoms with E-state index in [1.165, 1.54) is 4.31 Å². The average Bonchev–Trinajstić information content (AvgIpc) is 2.73. The second-order valence-corrected chi connectivity index (χ2v) is 9.45. The van der Waals surface area contributed by atoms with Crippen LogP contribution in [0.5, 0.6) is 0 Å². The Morgan fingerprint density at radius 1 is 0.966 bits per heavy atom. The number of carbonyl (C=O) groups is 1. The number of rotatable bonds is 3. The zero-order chi connectivity index (χ0) is 20.6. The summed E-state index contributed by atoms with van der Waals surface area (Å²) in [6.45, 7) is 1.17. The van der Waals surface area contributed by atoms with Crippen LogP contribution in [0.1, 0.15) is 6.42 Å². The maximum atomic E-state index is 13.1. The summed E-state index contributed by atoms with van der Waals surface area (Å²) in [5, 5.41) is 9.86. The van der Waals surface area contributed by atoms with Crippen LogP contribution in [0.3, 0.4) is 0 Å². The number of halogens is 1. The summed E-state index contributed by atoms with van der Waals surface area (Å²) in [4.78, 5) is 14.5. The van der Waals surface area contributed by atoms with Crippen molar-refractivity contribution in [2.24, 2.45) is 0 Å². The Morgan fingerprint density at radius 3 is 2.34 bits per heavy atom. The minimum atomic E-state index is -3.64. The number of fused-ring (bicyclic) bond motifs is 1. The quantitative estimate of drug-likeness (QED) is 0.813. The molecule has 1 saturated heterocycles. The fourth-order valence-electron chi connectivity index (χ4n) is 3.52. The predicted octanol–water partition coefficient (Wildman–Crippen LogP) is 3.23. The van der Waals surface area contributed by atoms with Crippen LogP contribution in [-0.4, -0.2) is 55.4 Å². The largest absolute Gasteiger partial charge is 0.336 e. The number of carbonyl (C=O) groups excluding carboxylic acids is 1. The second kappa shape index (κ2) is 7.74. The van der Waals surface area contributed by atoms with E-state index in [-0.39, 0.29) is 23.9 Å². The molecule has 2 aromatic rings. The first-order valence-corrected chi connectivity index (χ1v) is 11.1. The lowest BCUT2D eigenvalue weighted by atomic mass is 10.0. The molecule has 1 aliphatic heterocycles. The van der Waals surface area contributed by atoms with E-state index in [9.17, 15) is 13.2 Å². The summed E-state index contributed by atoms with van der Waals surface area (Å²) in [5.41, 5.74) is 1.03. The van der Waals surface area contributed by atoms with Gasteiger partial charge in [0.2, 0.25) is 10.0 Å². The molecule has 0 atom stereocenters. The molecule has 150 valence electrons. The highest BCUT2D eigenvalue weighted by molar-refractivity contribution is 7.89. The van der Waals surface area contributed by atoms with Crippen LogP contribution >= 0.6 is 11.6 Å². The molecule has 2 aliphatic rings. The zero-order valence-corrected chi connectivity index (χ0v) is 17.2. The first-order valence-electron chi connectivity index (χ1n) is 9.29. The fourth-order valence-corrected chi connectivity index (χ4v) is 5.16. The lowest BCUT2D eigenvalue weighted by Crippen LogP contribution is -2.50. The summed E-state index contributed by atoms with van der Waals surface area (Å²) in [6, 6.07) is 10.4. The molecular weight excluding hydrogens is 410 g/mol. The Balaban J connectivity index is 1.47. The van der Waals surface area contributed by atoms with Gasteiger partial charge in [0, 0.05) is 48.9 Å². The van der Waals surface area contributed by atoms with Crippen LogP contribution in [-0.2, 0) is 14.8 Å². The van der Waals surface area contributed by atoms with E-state index in [0.29, 0.717) is 35.8 Å². The molecule has 1 amide bonds. The third kappa shape index (κ3) is 3.99. The van der Waals surface area contributed by atoms with Crippen molar-refractivity contribution in [1.29, 1.82) is 5.41 Å². The van der Waals surface area contributed by atoms with Crippen LogP contribution in [0.15, 0.2) is 65.1 Å². The van der Waals surface area contributed by atoms with Crippen molar-refractivity contribution in [3.63, 3.8) is 0 Å².